The quantitative estimate of drug-likeness (QED) is 0.503. The molecule has 0 saturated heterocycles. The molecule has 0 aliphatic heterocycles. The second-order valence-electron chi connectivity index (χ2n) is 2.14. The Kier molecular flexibility index (Phi) is 5.05. The van der Waals surface area contributed by atoms with E-state index < -0.39 is 24.2 Å². The van der Waals surface area contributed by atoms with Crippen LogP contribution in [-0.4, -0.2) is 53.8 Å². The van der Waals surface area contributed by atoms with Gasteiger partial charge in [0.2, 0.25) is 0 Å². The molecule has 0 N–H and O–H groups in total. The molecule has 0 heterocycles. The number of alkyl halides is 10. The molecule has 0 aromatic heterocycles. The van der Waals surface area contributed by atoms with Crippen molar-refractivity contribution < 1.29 is 43.9 Å². The summed E-state index contributed by atoms with van der Waals surface area (Å²) in [5, 5.41) is 0. The Labute approximate surface area is 97.9 Å². The van der Waals surface area contributed by atoms with Crippen molar-refractivity contribution in [3.8, 4) is 0 Å². The SMILES string of the molecule is FC(F)(F)C(F)(F)C(F)(F)C(F)(F)F.[NaH]. The standard InChI is InChI=1S/C4F10.Na.H/c5-1(6,3(9,10)11)2(7,8)4(12,13)14;;. The predicted molar refractivity (Wildman–Crippen MR) is 29.2 cm³/mol. The molecule has 15 heavy (non-hydrogen) atoms. The summed E-state index contributed by atoms with van der Waals surface area (Å²) in [6, 6.07) is 0. The van der Waals surface area contributed by atoms with Crippen LogP contribution in [0.4, 0.5) is 43.9 Å². The van der Waals surface area contributed by atoms with Crippen LogP contribution in [0.5, 0.6) is 0 Å². The first-order valence-electron chi connectivity index (χ1n) is 2.64. The van der Waals surface area contributed by atoms with Gasteiger partial charge in [-0.1, -0.05) is 0 Å². The third-order valence-corrected chi connectivity index (χ3v) is 1.11. The van der Waals surface area contributed by atoms with Gasteiger partial charge in [-0.3, -0.25) is 0 Å². The molecule has 0 radical (unpaired) electrons. The van der Waals surface area contributed by atoms with E-state index in [2.05, 4.69) is 0 Å². The van der Waals surface area contributed by atoms with Gasteiger partial charge in [-0.15, -0.1) is 0 Å². The van der Waals surface area contributed by atoms with E-state index >= 15 is 0 Å². The van der Waals surface area contributed by atoms with Gasteiger partial charge in [0.25, 0.3) is 0 Å². The van der Waals surface area contributed by atoms with Gasteiger partial charge in [-0.25, -0.2) is 0 Å². The van der Waals surface area contributed by atoms with Crippen LogP contribution in [-0.2, 0) is 0 Å². The number of halogens is 10. The van der Waals surface area contributed by atoms with Gasteiger partial charge in [0, 0.05) is 0 Å². The average molecular weight is 262 g/mol. The first-order chi connectivity index (χ1) is 5.75. The van der Waals surface area contributed by atoms with Crippen molar-refractivity contribution in [3.05, 3.63) is 0 Å². The second kappa shape index (κ2) is 4.28. The minimum absolute atomic E-state index is 0. The Bertz CT molecular complexity index is 186. The van der Waals surface area contributed by atoms with Crippen LogP contribution in [0, 0.1) is 0 Å². The van der Waals surface area contributed by atoms with Crippen molar-refractivity contribution in [2.24, 2.45) is 0 Å². The van der Waals surface area contributed by atoms with Gasteiger partial charge in [0.05, 0.1) is 0 Å². The normalized spacial score (nSPS) is 14.8. The van der Waals surface area contributed by atoms with Crippen molar-refractivity contribution in [1.82, 2.24) is 0 Å². The van der Waals surface area contributed by atoms with Crippen molar-refractivity contribution >= 4 is 29.6 Å². The van der Waals surface area contributed by atoms with Gasteiger partial charge in [-0.2, -0.15) is 43.9 Å². The second-order valence-corrected chi connectivity index (χ2v) is 2.14. The summed E-state index contributed by atoms with van der Waals surface area (Å²) >= 11 is 0. The van der Waals surface area contributed by atoms with Crippen molar-refractivity contribution in [2.45, 2.75) is 24.2 Å². The van der Waals surface area contributed by atoms with Crippen LogP contribution in [0.15, 0.2) is 0 Å². The van der Waals surface area contributed by atoms with Crippen LogP contribution in [0.2, 0.25) is 0 Å². The van der Waals surface area contributed by atoms with E-state index in [-0.39, 0.29) is 29.6 Å². The molecule has 0 bridgehead atoms. The molecule has 0 unspecified atom stereocenters. The molecule has 0 spiro atoms. The Morgan fingerprint density at radius 3 is 0.600 bits per heavy atom. The third kappa shape index (κ3) is 2.90. The monoisotopic (exact) mass is 262 g/mol. The van der Waals surface area contributed by atoms with E-state index in [0.29, 0.717) is 0 Å². The summed E-state index contributed by atoms with van der Waals surface area (Å²) in [6.07, 6.45) is -13.9. The molecule has 0 nitrogen and oxygen atoms in total. The van der Waals surface area contributed by atoms with E-state index in [0.717, 1.165) is 0 Å². The average Bonchev–Trinajstić information content (AvgIpc) is 1.81. The maximum atomic E-state index is 11.6. The van der Waals surface area contributed by atoms with Crippen molar-refractivity contribution in [1.29, 1.82) is 0 Å². The summed E-state index contributed by atoms with van der Waals surface area (Å²) in [7, 11) is 0. The maximum absolute atomic E-state index is 11.6. The fraction of sp³-hybridized carbons (Fsp3) is 1.00. The van der Waals surface area contributed by atoms with Crippen LogP contribution < -0.4 is 0 Å². The van der Waals surface area contributed by atoms with E-state index in [1.165, 1.54) is 0 Å². The molecule has 0 aromatic carbocycles. The first kappa shape index (κ1) is 17.7. The number of hydrogen-bond acceptors (Lipinski definition) is 0. The summed E-state index contributed by atoms with van der Waals surface area (Å²) in [5.74, 6) is -14.3. The van der Waals surface area contributed by atoms with Gasteiger partial charge in [-0.05, 0) is 0 Å². The Hall–Kier alpha value is 0.300. The molecule has 0 saturated carbocycles. The zero-order valence-corrected chi connectivity index (χ0v) is 5.78. The third-order valence-electron chi connectivity index (χ3n) is 1.11. The summed E-state index contributed by atoms with van der Waals surface area (Å²) in [5.41, 5.74) is 0. The van der Waals surface area contributed by atoms with E-state index in [1.807, 2.05) is 0 Å². The van der Waals surface area contributed by atoms with Gasteiger partial charge >= 0.3 is 53.8 Å². The van der Waals surface area contributed by atoms with E-state index in [4.69, 9.17) is 0 Å². The molecule has 11 heteroatoms. The zero-order valence-electron chi connectivity index (χ0n) is 5.78. The number of rotatable bonds is 1. The molecule has 0 rings (SSSR count). The van der Waals surface area contributed by atoms with Crippen molar-refractivity contribution in [3.63, 3.8) is 0 Å². The van der Waals surface area contributed by atoms with Crippen LogP contribution in [0.3, 0.4) is 0 Å². The van der Waals surface area contributed by atoms with Gasteiger partial charge in [0.15, 0.2) is 0 Å². The fourth-order valence-corrected chi connectivity index (χ4v) is 0.356. The zero-order chi connectivity index (χ0) is 12.0. The van der Waals surface area contributed by atoms with Crippen LogP contribution in [0.25, 0.3) is 0 Å². The Morgan fingerprint density at radius 1 is 0.400 bits per heavy atom. The summed E-state index contributed by atoms with van der Waals surface area (Å²) in [4.78, 5) is 0. The molecule has 0 aliphatic rings. The summed E-state index contributed by atoms with van der Waals surface area (Å²) < 4.78 is 113. The topological polar surface area (TPSA) is 0 Å². The molecular weight excluding hydrogens is 261 g/mol. The molecule has 0 aromatic rings. The summed E-state index contributed by atoms with van der Waals surface area (Å²) in [6.45, 7) is 0. The predicted octanol–water partition coefficient (Wildman–Crippen LogP) is 2.73. The van der Waals surface area contributed by atoms with Crippen LogP contribution in [0.1, 0.15) is 0 Å². The Morgan fingerprint density at radius 2 is 0.533 bits per heavy atom. The van der Waals surface area contributed by atoms with Gasteiger partial charge < -0.3 is 0 Å². The number of hydrogen-bond donors (Lipinski definition) is 0. The molecule has 0 atom stereocenters. The molecule has 0 amide bonds. The Balaban J connectivity index is 0. The first-order valence-corrected chi connectivity index (χ1v) is 2.64. The van der Waals surface area contributed by atoms with E-state index in [1.54, 1.807) is 0 Å². The van der Waals surface area contributed by atoms with Crippen molar-refractivity contribution in [2.75, 3.05) is 0 Å². The van der Waals surface area contributed by atoms with Gasteiger partial charge in [0.1, 0.15) is 0 Å². The molecule has 0 aliphatic carbocycles. The molecular formula is C4HF10Na. The molecule has 0 fully saturated rings. The fourth-order valence-electron chi connectivity index (χ4n) is 0.356. The molecule has 88 valence electrons. The van der Waals surface area contributed by atoms with Crippen LogP contribution >= 0.6 is 0 Å². The van der Waals surface area contributed by atoms with E-state index in [9.17, 15) is 43.9 Å². The minimum atomic E-state index is -7.14.